The van der Waals surface area contributed by atoms with Crippen molar-refractivity contribution < 1.29 is 13.2 Å². The van der Waals surface area contributed by atoms with Gasteiger partial charge in [-0.05, 0) is 62.6 Å². The third-order valence-corrected chi connectivity index (χ3v) is 7.71. The average molecular weight is 451 g/mol. The topological polar surface area (TPSA) is 66.5 Å². The Morgan fingerprint density at radius 3 is 2.30 bits per heavy atom. The molecule has 2 aromatic carbocycles. The average Bonchev–Trinajstić information content (AvgIpc) is 2.65. The first-order valence-electron chi connectivity index (χ1n) is 8.91. The number of carbonyl (C=O) groups is 1. The van der Waals surface area contributed by atoms with E-state index in [-0.39, 0.29) is 11.8 Å². The van der Waals surface area contributed by atoms with Crippen LogP contribution in [0.1, 0.15) is 24.0 Å². The Hall–Kier alpha value is -1.70. The smallest absolute Gasteiger partial charge is 0.243 e. The Bertz CT molecular complexity index is 934. The van der Waals surface area contributed by atoms with Crippen molar-refractivity contribution in [2.45, 2.75) is 31.6 Å². The number of nitrogens with zero attached hydrogens (tertiary/aromatic N) is 1. The molecule has 1 amide bonds. The molecule has 0 spiro atoms. The fourth-order valence-electron chi connectivity index (χ4n) is 3.18. The molecular formula is C20H23BrN2O3S. The van der Waals surface area contributed by atoms with E-state index >= 15 is 0 Å². The zero-order chi connectivity index (χ0) is 19.6. The lowest BCUT2D eigenvalue weighted by atomic mass is 9.97. The number of amides is 1. The van der Waals surface area contributed by atoms with Crippen LogP contribution in [0.3, 0.4) is 0 Å². The Balaban J connectivity index is 1.61. The predicted octanol–water partition coefficient (Wildman–Crippen LogP) is 4.11. The van der Waals surface area contributed by atoms with Gasteiger partial charge in [-0.25, -0.2) is 8.42 Å². The van der Waals surface area contributed by atoms with Gasteiger partial charge in [0.15, 0.2) is 0 Å². The van der Waals surface area contributed by atoms with Crippen LogP contribution in [0, 0.1) is 19.8 Å². The van der Waals surface area contributed by atoms with Crippen molar-refractivity contribution in [3.05, 3.63) is 58.1 Å². The monoisotopic (exact) mass is 450 g/mol. The number of sulfonamides is 1. The summed E-state index contributed by atoms with van der Waals surface area (Å²) in [6.45, 7) is 4.60. The highest BCUT2D eigenvalue weighted by Gasteiger charge is 2.32. The van der Waals surface area contributed by atoms with Crippen molar-refractivity contribution in [1.82, 2.24) is 4.31 Å². The summed E-state index contributed by atoms with van der Waals surface area (Å²) >= 11 is 3.45. The van der Waals surface area contributed by atoms with E-state index in [0.717, 1.165) is 21.3 Å². The predicted molar refractivity (Wildman–Crippen MR) is 110 cm³/mol. The van der Waals surface area contributed by atoms with Crippen molar-refractivity contribution in [1.29, 1.82) is 0 Å². The van der Waals surface area contributed by atoms with E-state index in [1.54, 1.807) is 24.3 Å². The molecule has 0 radical (unpaired) electrons. The number of anilines is 1. The Labute approximate surface area is 169 Å². The van der Waals surface area contributed by atoms with Gasteiger partial charge in [-0.1, -0.05) is 33.6 Å². The second-order valence-corrected chi connectivity index (χ2v) is 9.74. The van der Waals surface area contributed by atoms with E-state index in [4.69, 9.17) is 0 Å². The first-order chi connectivity index (χ1) is 12.8. The maximum atomic E-state index is 12.8. The van der Waals surface area contributed by atoms with E-state index in [9.17, 15) is 13.2 Å². The summed E-state index contributed by atoms with van der Waals surface area (Å²) in [4.78, 5) is 12.8. The molecule has 2 aromatic rings. The molecule has 1 N–H and O–H groups in total. The number of rotatable bonds is 4. The molecule has 1 aliphatic rings. The SMILES string of the molecule is Cc1ccc(S(=O)(=O)N2CCC(C(=O)Nc3ccc(Br)c(C)c3)CC2)cc1. The first-order valence-corrected chi connectivity index (χ1v) is 11.1. The molecule has 7 heteroatoms. The largest absolute Gasteiger partial charge is 0.326 e. The Kier molecular flexibility index (Phi) is 6.03. The van der Waals surface area contributed by atoms with Gasteiger partial charge >= 0.3 is 0 Å². The molecular weight excluding hydrogens is 428 g/mol. The van der Waals surface area contributed by atoms with Crippen LogP contribution in [-0.2, 0) is 14.8 Å². The van der Waals surface area contributed by atoms with E-state index in [1.165, 1.54) is 4.31 Å². The number of nitrogens with one attached hydrogen (secondary N) is 1. The van der Waals surface area contributed by atoms with Crippen LogP contribution in [0.5, 0.6) is 0 Å². The van der Waals surface area contributed by atoms with Crippen molar-refractivity contribution in [2.24, 2.45) is 5.92 Å². The second kappa shape index (κ2) is 8.12. The molecule has 0 bridgehead atoms. The standard InChI is InChI=1S/C20H23BrN2O3S/c1-14-3-6-18(7-4-14)27(25,26)23-11-9-16(10-12-23)20(24)22-17-5-8-19(21)15(2)13-17/h3-8,13,16H,9-12H2,1-2H3,(H,22,24). The van der Waals surface area contributed by atoms with Gasteiger partial charge in [-0.2, -0.15) is 4.31 Å². The van der Waals surface area contributed by atoms with Crippen molar-refractivity contribution in [3.63, 3.8) is 0 Å². The highest BCUT2D eigenvalue weighted by atomic mass is 79.9. The van der Waals surface area contributed by atoms with E-state index < -0.39 is 10.0 Å². The van der Waals surface area contributed by atoms with E-state index in [0.29, 0.717) is 30.8 Å². The van der Waals surface area contributed by atoms with Crippen LogP contribution in [0.4, 0.5) is 5.69 Å². The molecule has 27 heavy (non-hydrogen) atoms. The van der Waals surface area contributed by atoms with Gasteiger partial charge in [-0.15, -0.1) is 0 Å². The molecule has 1 fully saturated rings. The third kappa shape index (κ3) is 4.59. The molecule has 0 aromatic heterocycles. The van der Waals surface area contributed by atoms with E-state index in [1.807, 2.05) is 32.0 Å². The molecule has 1 aliphatic heterocycles. The second-order valence-electron chi connectivity index (χ2n) is 6.94. The first kappa shape index (κ1) is 20.0. The lowest BCUT2D eigenvalue weighted by molar-refractivity contribution is -0.120. The maximum Gasteiger partial charge on any atom is 0.243 e. The summed E-state index contributed by atoms with van der Waals surface area (Å²) in [6.07, 6.45) is 1.04. The quantitative estimate of drug-likeness (QED) is 0.761. The van der Waals surface area contributed by atoms with Gasteiger partial charge in [0.2, 0.25) is 15.9 Å². The minimum absolute atomic E-state index is 0.0518. The molecule has 144 valence electrons. The molecule has 1 heterocycles. The summed E-state index contributed by atoms with van der Waals surface area (Å²) in [7, 11) is -3.50. The number of halogens is 1. The van der Waals surface area contributed by atoms with Crippen LogP contribution in [-0.4, -0.2) is 31.7 Å². The minimum atomic E-state index is -3.50. The Morgan fingerprint density at radius 1 is 1.07 bits per heavy atom. The van der Waals surface area contributed by atoms with Crippen LogP contribution in [0.2, 0.25) is 0 Å². The molecule has 0 saturated carbocycles. The van der Waals surface area contributed by atoms with Gasteiger partial charge in [0, 0.05) is 29.2 Å². The van der Waals surface area contributed by atoms with Crippen LogP contribution >= 0.6 is 15.9 Å². The van der Waals surface area contributed by atoms with Gasteiger partial charge in [0.1, 0.15) is 0 Å². The summed E-state index contributed by atoms with van der Waals surface area (Å²) in [5.41, 5.74) is 2.83. The normalized spacial score (nSPS) is 16.3. The van der Waals surface area contributed by atoms with Gasteiger partial charge < -0.3 is 5.32 Å². The summed E-state index contributed by atoms with van der Waals surface area (Å²) in [5, 5.41) is 2.94. The maximum absolute atomic E-state index is 12.8. The molecule has 1 saturated heterocycles. The zero-order valence-electron chi connectivity index (χ0n) is 15.4. The number of hydrogen-bond acceptors (Lipinski definition) is 3. The van der Waals surface area contributed by atoms with Gasteiger partial charge in [0.25, 0.3) is 0 Å². The summed E-state index contributed by atoms with van der Waals surface area (Å²) < 4.78 is 28.0. The van der Waals surface area contributed by atoms with E-state index in [2.05, 4.69) is 21.2 Å². The number of carbonyl (C=O) groups excluding carboxylic acids is 1. The highest BCUT2D eigenvalue weighted by Crippen LogP contribution is 2.26. The number of benzene rings is 2. The molecule has 0 unspecified atom stereocenters. The van der Waals surface area contributed by atoms with Crippen LogP contribution < -0.4 is 5.32 Å². The molecule has 3 rings (SSSR count). The third-order valence-electron chi connectivity index (χ3n) is 4.91. The van der Waals surface area contributed by atoms with Crippen LogP contribution in [0.25, 0.3) is 0 Å². The van der Waals surface area contributed by atoms with Gasteiger partial charge in [0.05, 0.1) is 4.90 Å². The molecule has 0 aliphatic carbocycles. The lowest BCUT2D eigenvalue weighted by Gasteiger charge is -2.30. The minimum Gasteiger partial charge on any atom is -0.326 e. The zero-order valence-corrected chi connectivity index (χ0v) is 17.8. The fraction of sp³-hybridized carbons (Fsp3) is 0.350. The van der Waals surface area contributed by atoms with Crippen molar-refractivity contribution in [2.75, 3.05) is 18.4 Å². The lowest BCUT2D eigenvalue weighted by Crippen LogP contribution is -2.41. The summed E-state index contributed by atoms with van der Waals surface area (Å²) in [6, 6.07) is 12.5. The van der Waals surface area contributed by atoms with Crippen molar-refractivity contribution >= 4 is 37.5 Å². The number of hydrogen-bond donors (Lipinski definition) is 1. The Morgan fingerprint density at radius 2 is 1.70 bits per heavy atom. The fourth-order valence-corrected chi connectivity index (χ4v) is 4.90. The van der Waals surface area contributed by atoms with Crippen LogP contribution in [0.15, 0.2) is 51.8 Å². The molecule has 5 nitrogen and oxygen atoms in total. The number of aryl methyl sites for hydroxylation is 2. The summed E-state index contributed by atoms with van der Waals surface area (Å²) in [5.74, 6) is -0.234. The number of piperidine rings is 1. The highest BCUT2D eigenvalue weighted by molar-refractivity contribution is 9.10. The van der Waals surface area contributed by atoms with Crippen molar-refractivity contribution in [3.8, 4) is 0 Å². The van der Waals surface area contributed by atoms with Gasteiger partial charge in [-0.3, -0.25) is 4.79 Å². The molecule has 0 atom stereocenters.